The Labute approximate surface area is 108 Å². The molecule has 1 fully saturated rings. The van der Waals surface area contributed by atoms with Gasteiger partial charge in [-0.25, -0.2) is 4.79 Å². The van der Waals surface area contributed by atoms with Crippen molar-refractivity contribution in [1.29, 1.82) is 0 Å². The molecule has 2 nitrogen and oxygen atoms in total. The lowest BCUT2D eigenvalue weighted by molar-refractivity contribution is -0.137. The number of hydrogen-bond donors (Lipinski definition) is 1. The third-order valence-corrected chi connectivity index (χ3v) is 3.28. The molecule has 1 aromatic carbocycles. The number of hydrogen-bond acceptors (Lipinski definition) is 1. The highest BCUT2D eigenvalue weighted by molar-refractivity contribution is 6.16. The maximum absolute atomic E-state index is 12.5. The number of aliphatic carboxylic acids is 1. The highest BCUT2D eigenvalue weighted by Crippen LogP contribution is 2.34. The molecule has 0 aromatic heterocycles. The first kappa shape index (κ1) is 13.6. The zero-order chi connectivity index (χ0) is 14.0. The summed E-state index contributed by atoms with van der Waals surface area (Å²) < 4.78 is 37.4. The first-order chi connectivity index (χ1) is 8.89. The van der Waals surface area contributed by atoms with Crippen LogP contribution in [-0.4, -0.2) is 11.1 Å². The molecule has 0 heterocycles. The predicted octanol–water partition coefficient (Wildman–Crippen LogP) is 4.12. The monoisotopic (exact) mass is 270 g/mol. The van der Waals surface area contributed by atoms with Gasteiger partial charge in [-0.3, -0.25) is 0 Å². The first-order valence-electron chi connectivity index (χ1n) is 6.02. The smallest absolute Gasteiger partial charge is 0.416 e. The second-order valence-electron chi connectivity index (χ2n) is 4.57. The molecule has 0 bridgehead atoms. The van der Waals surface area contributed by atoms with Gasteiger partial charge in [0.25, 0.3) is 0 Å². The molecule has 1 aliphatic carbocycles. The molecule has 1 aliphatic rings. The molecule has 0 radical (unpaired) electrons. The zero-order valence-corrected chi connectivity index (χ0v) is 10.1. The number of benzene rings is 1. The van der Waals surface area contributed by atoms with Gasteiger partial charge in [-0.2, -0.15) is 13.2 Å². The lowest BCUT2D eigenvalue weighted by Gasteiger charge is -2.10. The number of alkyl halides is 3. The molecule has 1 N–H and O–H groups in total. The summed E-state index contributed by atoms with van der Waals surface area (Å²) in [4.78, 5) is 11.3. The fourth-order valence-electron chi connectivity index (χ4n) is 2.36. The van der Waals surface area contributed by atoms with Crippen LogP contribution >= 0.6 is 0 Å². The maximum Gasteiger partial charge on any atom is 0.416 e. The third kappa shape index (κ3) is 2.97. The molecule has 19 heavy (non-hydrogen) atoms. The molecule has 1 aromatic rings. The zero-order valence-electron chi connectivity index (χ0n) is 10.1. The van der Waals surface area contributed by atoms with E-state index in [1.165, 1.54) is 12.1 Å². The molecule has 102 valence electrons. The van der Waals surface area contributed by atoms with Crippen molar-refractivity contribution in [1.82, 2.24) is 0 Å². The van der Waals surface area contributed by atoms with Gasteiger partial charge in [-0.15, -0.1) is 0 Å². The predicted molar refractivity (Wildman–Crippen MR) is 64.5 cm³/mol. The number of allylic oxidation sites excluding steroid dienone is 1. The molecular formula is C14H13F3O2. The topological polar surface area (TPSA) is 37.3 Å². The standard InChI is InChI=1S/C14H13F3O2/c15-14(16,17)11-7-5-10(6-8-11)12(13(18)19)9-3-1-2-4-9/h5-8H,1-4H2,(H,18,19). The van der Waals surface area contributed by atoms with E-state index in [1.807, 2.05) is 0 Å². The Morgan fingerprint density at radius 3 is 2.00 bits per heavy atom. The van der Waals surface area contributed by atoms with Crippen molar-refractivity contribution < 1.29 is 23.1 Å². The van der Waals surface area contributed by atoms with Crippen LogP contribution in [0.5, 0.6) is 0 Å². The molecular weight excluding hydrogens is 257 g/mol. The molecule has 0 atom stereocenters. The molecule has 2 rings (SSSR count). The van der Waals surface area contributed by atoms with E-state index in [2.05, 4.69) is 0 Å². The lowest BCUT2D eigenvalue weighted by atomic mass is 9.98. The number of carboxylic acid groups (broad SMARTS) is 1. The van der Waals surface area contributed by atoms with Gasteiger partial charge in [0.2, 0.25) is 0 Å². The summed E-state index contributed by atoms with van der Waals surface area (Å²) in [5, 5.41) is 9.24. The van der Waals surface area contributed by atoms with Crippen LogP contribution < -0.4 is 0 Å². The Morgan fingerprint density at radius 1 is 1.05 bits per heavy atom. The average molecular weight is 270 g/mol. The van der Waals surface area contributed by atoms with E-state index in [0.717, 1.165) is 30.5 Å². The van der Waals surface area contributed by atoms with E-state index in [-0.39, 0.29) is 5.57 Å². The fraction of sp³-hybridized carbons (Fsp3) is 0.357. The summed E-state index contributed by atoms with van der Waals surface area (Å²) in [5.74, 6) is -1.07. The van der Waals surface area contributed by atoms with Gasteiger partial charge in [-0.05, 0) is 43.4 Å². The Bertz CT molecular complexity index is 504. The summed E-state index contributed by atoms with van der Waals surface area (Å²) in [7, 11) is 0. The van der Waals surface area contributed by atoms with Gasteiger partial charge in [0.15, 0.2) is 0 Å². The molecule has 0 spiro atoms. The second kappa shape index (κ2) is 5.07. The van der Waals surface area contributed by atoms with Crippen LogP contribution in [0.15, 0.2) is 29.8 Å². The minimum atomic E-state index is -4.40. The Kier molecular flexibility index (Phi) is 3.64. The number of carbonyl (C=O) groups is 1. The minimum Gasteiger partial charge on any atom is -0.478 e. The molecule has 1 saturated carbocycles. The average Bonchev–Trinajstić information content (AvgIpc) is 2.82. The van der Waals surface area contributed by atoms with Crippen molar-refractivity contribution in [2.75, 3.05) is 0 Å². The van der Waals surface area contributed by atoms with Crippen molar-refractivity contribution in [2.45, 2.75) is 31.9 Å². The highest BCUT2D eigenvalue weighted by atomic mass is 19.4. The van der Waals surface area contributed by atoms with Gasteiger partial charge < -0.3 is 5.11 Å². The third-order valence-electron chi connectivity index (χ3n) is 3.28. The van der Waals surface area contributed by atoms with Crippen LogP contribution in [-0.2, 0) is 11.0 Å². The van der Waals surface area contributed by atoms with Crippen molar-refractivity contribution in [2.24, 2.45) is 0 Å². The van der Waals surface area contributed by atoms with E-state index >= 15 is 0 Å². The first-order valence-corrected chi connectivity index (χ1v) is 6.02. The van der Waals surface area contributed by atoms with E-state index < -0.39 is 17.7 Å². The van der Waals surface area contributed by atoms with Gasteiger partial charge in [-0.1, -0.05) is 17.7 Å². The number of rotatable bonds is 2. The Morgan fingerprint density at radius 2 is 1.58 bits per heavy atom. The van der Waals surface area contributed by atoms with Crippen molar-refractivity contribution in [3.05, 3.63) is 41.0 Å². The summed E-state index contributed by atoms with van der Waals surface area (Å²) in [6.45, 7) is 0. The van der Waals surface area contributed by atoms with Crippen LogP contribution in [0.1, 0.15) is 36.8 Å². The summed E-state index contributed by atoms with van der Waals surface area (Å²) in [5.41, 5.74) is 0.563. The van der Waals surface area contributed by atoms with E-state index in [9.17, 15) is 23.1 Å². The van der Waals surface area contributed by atoms with Gasteiger partial charge in [0, 0.05) is 0 Å². The second-order valence-corrected chi connectivity index (χ2v) is 4.57. The van der Waals surface area contributed by atoms with Gasteiger partial charge in [0.05, 0.1) is 11.1 Å². The Balaban J connectivity index is 2.39. The molecule has 0 amide bonds. The fourth-order valence-corrected chi connectivity index (χ4v) is 2.36. The number of carboxylic acids is 1. The number of halogens is 3. The van der Waals surface area contributed by atoms with E-state index in [1.54, 1.807) is 0 Å². The van der Waals surface area contributed by atoms with Crippen LogP contribution in [0.2, 0.25) is 0 Å². The quantitative estimate of drug-likeness (QED) is 0.821. The van der Waals surface area contributed by atoms with Crippen molar-refractivity contribution >= 4 is 11.5 Å². The summed E-state index contributed by atoms with van der Waals surface area (Å²) in [6, 6.07) is 4.32. The van der Waals surface area contributed by atoms with Crippen LogP contribution in [0.25, 0.3) is 5.57 Å². The SMILES string of the molecule is O=C(O)C(=C1CCCC1)c1ccc(C(F)(F)F)cc1. The summed E-state index contributed by atoms with van der Waals surface area (Å²) in [6.07, 6.45) is -1.10. The van der Waals surface area contributed by atoms with Crippen molar-refractivity contribution in [3.63, 3.8) is 0 Å². The van der Waals surface area contributed by atoms with Gasteiger partial charge in [0.1, 0.15) is 0 Å². The Hall–Kier alpha value is -1.78. The summed E-state index contributed by atoms with van der Waals surface area (Å²) >= 11 is 0. The van der Waals surface area contributed by atoms with Crippen molar-refractivity contribution in [3.8, 4) is 0 Å². The van der Waals surface area contributed by atoms with E-state index in [4.69, 9.17) is 0 Å². The molecule has 5 heteroatoms. The normalized spacial score (nSPS) is 15.6. The van der Waals surface area contributed by atoms with Gasteiger partial charge >= 0.3 is 12.1 Å². The minimum absolute atomic E-state index is 0.159. The van der Waals surface area contributed by atoms with Crippen LogP contribution in [0, 0.1) is 0 Å². The maximum atomic E-state index is 12.5. The van der Waals surface area contributed by atoms with E-state index in [0.29, 0.717) is 18.4 Å². The molecule has 0 saturated heterocycles. The lowest BCUT2D eigenvalue weighted by Crippen LogP contribution is -2.06. The highest BCUT2D eigenvalue weighted by Gasteiger charge is 2.30. The molecule has 0 unspecified atom stereocenters. The van der Waals surface area contributed by atoms with Crippen LogP contribution in [0.4, 0.5) is 13.2 Å². The molecule has 0 aliphatic heterocycles. The largest absolute Gasteiger partial charge is 0.478 e. The van der Waals surface area contributed by atoms with Crippen LogP contribution in [0.3, 0.4) is 0 Å².